The summed E-state index contributed by atoms with van der Waals surface area (Å²) in [5.41, 5.74) is 1.17. The van der Waals surface area contributed by atoms with Gasteiger partial charge in [0.25, 0.3) is 0 Å². The fourth-order valence-corrected chi connectivity index (χ4v) is 2.16. The molecule has 0 aliphatic heterocycles. The van der Waals surface area contributed by atoms with Crippen LogP contribution in [0.25, 0.3) is 0 Å². The van der Waals surface area contributed by atoms with E-state index in [0.29, 0.717) is 10.6 Å². The molecule has 1 N–H and O–H groups in total. The number of methoxy groups -OCH3 is 1. The lowest BCUT2D eigenvalue weighted by molar-refractivity contribution is 0.0767. The first-order valence-corrected chi connectivity index (χ1v) is 6.47. The lowest BCUT2D eigenvalue weighted by Crippen LogP contribution is -2.18. The van der Waals surface area contributed by atoms with Crippen molar-refractivity contribution in [2.24, 2.45) is 5.92 Å². The van der Waals surface area contributed by atoms with Gasteiger partial charge in [-0.25, -0.2) is 4.98 Å². The van der Waals surface area contributed by atoms with E-state index >= 15 is 0 Å². The van der Waals surface area contributed by atoms with Crippen LogP contribution in [0.15, 0.2) is 6.07 Å². The molecule has 1 atom stereocenters. The lowest BCUT2D eigenvalue weighted by Gasteiger charge is -2.21. The number of nitrogens with one attached hydrogen (secondary N) is 1. The van der Waals surface area contributed by atoms with Gasteiger partial charge >= 0.3 is 0 Å². The van der Waals surface area contributed by atoms with Crippen molar-refractivity contribution in [2.45, 2.75) is 45.1 Å². The molecule has 94 valence electrons. The number of aromatic nitrogens is 2. The summed E-state index contributed by atoms with van der Waals surface area (Å²) in [5.74, 6) is 1.49. The molecule has 1 aliphatic rings. The van der Waals surface area contributed by atoms with E-state index in [4.69, 9.17) is 17.0 Å². The predicted octanol–water partition coefficient (Wildman–Crippen LogP) is 3.53. The van der Waals surface area contributed by atoms with Crippen LogP contribution in [0, 0.1) is 10.6 Å². The summed E-state index contributed by atoms with van der Waals surface area (Å²) in [7, 11) is 1.74. The van der Waals surface area contributed by atoms with Crippen LogP contribution in [0.5, 0.6) is 0 Å². The second-order valence-electron chi connectivity index (χ2n) is 5.76. The molecule has 0 saturated heterocycles. The van der Waals surface area contributed by atoms with E-state index in [1.165, 1.54) is 12.8 Å². The molecular formula is C13H20N2OS. The first kappa shape index (κ1) is 12.7. The monoisotopic (exact) mass is 252 g/mol. The first-order valence-electron chi connectivity index (χ1n) is 6.06. The van der Waals surface area contributed by atoms with Crippen LogP contribution >= 0.6 is 12.2 Å². The van der Waals surface area contributed by atoms with E-state index in [1.54, 1.807) is 7.11 Å². The van der Waals surface area contributed by atoms with E-state index in [-0.39, 0.29) is 11.5 Å². The number of hydrogen-bond acceptors (Lipinski definition) is 3. The average Bonchev–Trinajstić information content (AvgIpc) is 3.01. The molecule has 1 aliphatic carbocycles. The SMILES string of the molecule is COC(c1nc(=S)cc(C(C)(C)C)[nH]1)C1CC1. The highest BCUT2D eigenvalue weighted by Crippen LogP contribution is 2.42. The zero-order valence-electron chi connectivity index (χ0n) is 10.9. The molecule has 3 nitrogen and oxygen atoms in total. The summed E-state index contributed by atoms with van der Waals surface area (Å²) in [6, 6.07) is 1.94. The second-order valence-corrected chi connectivity index (χ2v) is 6.18. The fourth-order valence-electron chi connectivity index (χ4n) is 1.94. The van der Waals surface area contributed by atoms with Crippen molar-refractivity contribution in [3.63, 3.8) is 0 Å². The standard InChI is InChI=1S/C13H20N2OS/c1-13(2,3)9-7-10(17)15-12(14-9)11(16-4)8-5-6-8/h7-8,11H,5-6H2,1-4H3,(H,14,15,17). The van der Waals surface area contributed by atoms with Crippen molar-refractivity contribution >= 4 is 12.2 Å². The minimum Gasteiger partial charge on any atom is -0.373 e. The predicted molar refractivity (Wildman–Crippen MR) is 70.6 cm³/mol. The Morgan fingerprint density at radius 1 is 1.47 bits per heavy atom. The van der Waals surface area contributed by atoms with Gasteiger partial charge in [-0.2, -0.15) is 0 Å². The van der Waals surface area contributed by atoms with Crippen molar-refractivity contribution in [1.82, 2.24) is 9.97 Å². The molecule has 1 unspecified atom stereocenters. The first-order chi connectivity index (χ1) is 7.91. The van der Waals surface area contributed by atoms with Crippen LogP contribution in [-0.2, 0) is 10.2 Å². The van der Waals surface area contributed by atoms with Gasteiger partial charge in [0.15, 0.2) is 0 Å². The van der Waals surface area contributed by atoms with Crippen LogP contribution < -0.4 is 0 Å². The number of ether oxygens (including phenoxy) is 1. The highest BCUT2D eigenvalue weighted by atomic mass is 32.1. The van der Waals surface area contributed by atoms with Gasteiger partial charge in [0.2, 0.25) is 0 Å². The highest BCUT2D eigenvalue weighted by Gasteiger charge is 2.34. The maximum atomic E-state index is 5.54. The number of nitrogens with zero attached hydrogens (tertiary/aromatic N) is 1. The Hall–Kier alpha value is -0.740. The van der Waals surface area contributed by atoms with Gasteiger partial charge in [0, 0.05) is 18.2 Å². The summed E-state index contributed by atoms with van der Waals surface area (Å²) in [6.45, 7) is 6.49. The summed E-state index contributed by atoms with van der Waals surface area (Å²) < 4.78 is 6.19. The molecule has 4 heteroatoms. The molecule has 1 heterocycles. The average molecular weight is 252 g/mol. The number of hydrogen-bond donors (Lipinski definition) is 1. The molecule has 1 saturated carbocycles. The Bertz CT molecular complexity index is 457. The van der Waals surface area contributed by atoms with E-state index in [1.807, 2.05) is 6.07 Å². The van der Waals surface area contributed by atoms with Crippen molar-refractivity contribution in [3.05, 3.63) is 22.2 Å². The summed E-state index contributed by atoms with van der Waals surface area (Å²) in [4.78, 5) is 7.81. The van der Waals surface area contributed by atoms with Gasteiger partial charge in [0.1, 0.15) is 16.6 Å². The Balaban J connectivity index is 2.40. The third-order valence-corrected chi connectivity index (χ3v) is 3.35. The zero-order valence-corrected chi connectivity index (χ0v) is 11.7. The third kappa shape index (κ3) is 2.93. The molecule has 1 fully saturated rings. The number of H-pyrrole nitrogens is 1. The van der Waals surface area contributed by atoms with Crippen LogP contribution in [0.3, 0.4) is 0 Å². The van der Waals surface area contributed by atoms with Crippen molar-refractivity contribution in [1.29, 1.82) is 0 Å². The smallest absolute Gasteiger partial charge is 0.137 e. The lowest BCUT2D eigenvalue weighted by atomic mass is 9.92. The minimum absolute atomic E-state index is 0.0487. The normalized spacial score (nSPS) is 18.1. The fraction of sp³-hybridized carbons (Fsp3) is 0.692. The van der Waals surface area contributed by atoms with Crippen molar-refractivity contribution < 1.29 is 4.74 Å². The van der Waals surface area contributed by atoms with Gasteiger partial charge in [-0.3, -0.25) is 0 Å². The molecule has 2 rings (SSSR count). The maximum absolute atomic E-state index is 5.54. The van der Waals surface area contributed by atoms with Gasteiger partial charge < -0.3 is 9.72 Å². The zero-order chi connectivity index (χ0) is 12.6. The molecule has 0 bridgehead atoms. The third-order valence-electron chi connectivity index (χ3n) is 3.14. The van der Waals surface area contributed by atoms with Crippen molar-refractivity contribution in [3.8, 4) is 0 Å². The van der Waals surface area contributed by atoms with Gasteiger partial charge in [-0.1, -0.05) is 33.0 Å². The van der Waals surface area contributed by atoms with Crippen LogP contribution in [0.2, 0.25) is 0 Å². The summed E-state index contributed by atoms with van der Waals surface area (Å²) in [5, 5.41) is 0. The second kappa shape index (κ2) is 4.50. The molecular weight excluding hydrogens is 232 g/mol. The summed E-state index contributed by atoms with van der Waals surface area (Å²) in [6.07, 6.45) is 2.51. The molecule has 0 aromatic carbocycles. The Labute approximate surface area is 108 Å². The Morgan fingerprint density at radius 2 is 2.12 bits per heavy atom. The minimum atomic E-state index is 0.0487. The topological polar surface area (TPSA) is 37.9 Å². The Morgan fingerprint density at radius 3 is 2.59 bits per heavy atom. The number of aromatic amines is 1. The molecule has 0 spiro atoms. The maximum Gasteiger partial charge on any atom is 0.137 e. The van der Waals surface area contributed by atoms with Crippen LogP contribution in [0.4, 0.5) is 0 Å². The van der Waals surface area contributed by atoms with E-state index in [2.05, 4.69) is 30.7 Å². The van der Waals surface area contributed by atoms with E-state index in [0.717, 1.165) is 11.5 Å². The molecule has 0 radical (unpaired) electrons. The molecule has 17 heavy (non-hydrogen) atoms. The molecule has 1 aromatic heterocycles. The summed E-state index contributed by atoms with van der Waals surface area (Å²) >= 11 is 5.24. The number of rotatable bonds is 3. The molecule has 1 aromatic rings. The van der Waals surface area contributed by atoms with Crippen LogP contribution in [0.1, 0.15) is 51.2 Å². The van der Waals surface area contributed by atoms with Gasteiger partial charge in [-0.15, -0.1) is 0 Å². The Kier molecular flexibility index (Phi) is 3.36. The van der Waals surface area contributed by atoms with Crippen molar-refractivity contribution in [2.75, 3.05) is 7.11 Å². The quantitative estimate of drug-likeness (QED) is 0.836. The van der Waals surface area contributed by atoms with Gasteiger partial charge in [-0.05, 0) is 24.8 Å². The highest BCUT2D eigenvalue weighted by molar-refractivity contribution is 7.71. The largest absolute Gasteiger partial charge is 0.373 e. The van der Waals surface area contributed by atoms with E-state index < -0.39 is 0 Å². The van der Waals surface area contributed by atoms with Crippen LogP contribution in [-0.4, -0.2) is 17.1 Å². The molecule has 0 amide bonds. The van der Waals surface area contributed by atoms with Gasteiger partial charge in [0.05, 0.1) is 0 Å². The van der Waals surface area contributed by atoms with E-state index in [9.17, 15) is 0 Å².